The van der Waals surface area contributed by atoms with Crippen molar-refractivity contribution in [3.05, 3.63) is 83.4 Å². The number of hydrogen-bond acceptors (Lipinski definition) is 5. The van der Waals surface area contributed by atoms with E-state index < -0.39 is 0 Å². The molecule has 4 aromatic rings. The Kier molecular flexibility index (Phi) is 6.08. The van der Waals surface area contributed by atoms with E-state index in [9.17, 15) is 4.79 Å². The molecule has 4 rings (SSSR count). The third-order valence-corrected chi connectivity index (χ3v) is 5.63. The largest absolute Gasteiger partial charge is 0.339 e. The minimum atomic E-state index is -0.183. The highest BCUT2D eigenvalue weighted by Crippen LogP contribution is 2.23. The van der Waals surface area contributed by atoms with Gasteiger partial charge in [0.2, 0.25) is 0 Å². The van der Waals surface area contributed by atoms with E-state index in [1.54, 1.807) is 18.5 Å². The van der Waals surface area contributed by atoms with Crippen LogP contribution < -0.4 is 5.32 Å². The molecular weight excluding hydrogens is 408 g/mol. The highest BCUT2D eigenvalue weighted by atomic mass is 32.1. The lowest BCUT2D eigenvalue weighted by Gasteiger charge is -2.08. The third-order valence-electron chi connectivity index (χ3n) is 4.88. The molecule has 1 N–H and O–H groups in total. The molecule has 0 aromatic carbocycles. The molecule has 31 heavy (non-hydrogen) atoms. The van der Waals surface area contributed by atoms with Gasteiger partial charge in [0.15, 0.2) is 5.13 Å². The van der Waals surface area contributed by atoms with E-state index in [0.717, 1.165) is 22.5 Å². The Morgan fingerprint density at radius 1 is 1.26 bits per heavy atom. The van der Waals surface area contributed by atoms with Gasteiger partial charge in [0, 0.05) is 42.8 Å². The molecule has 0 saturated heterocycles. The Labute approximate surface area is 185 Å². The van der Waals surface area contributed by atoms with Gasteiger partial charge in [-0.3, -0.25) is 15.1 Å². The quantitative estimate of drug-likeness (QED) is 0.447. The lowest BCUT2D eigenvalue weighted by atomic mass is 10.2. The fourth-order valence-electron chi connectivity index (χ4n) is 3.12. The number of anilines is 1. The predicted molar refractivity (Wildman–Crippen MR) is 124 cm³/mol. The number of carbonyl (C=O) groups excluding carboxylic acids is 1. The first-order valence-electron chi connectivity index (χ1n) is 10.0. The molecule has 0 aliphatic rings. The van der Waals surface area contributed by atoms with Crippen molar-refractivity contribution in [3.8, 4) is 0 Å². The number of nitrogens with zero attached hydrogens (tertiary/aromatic N) is 5. The zero-order chi connectivity index (χ0) is 21.8. The standard InChI is InChI=1S/C23H24N6OS/c1-16(2)29-13-19(25-15-29)11-17(3)20-14-31-23(26-20)27-22(30)21-5-4-10-28(21)12-18-6-8-24-9-7-18/h4-11,13-16H,12H2,1-3H3,(H,26,27,30)/b17-11+. The highest BCUT2D eigenvalue weighted by Gasteiger charge is 2.14. The van der Waals surface area contributed by atoms with E-state index in [2.05, 4.69) is 38.7 Å². The van der Waals surface area contributed by atoms with Gasteiger partial charge in [-0.05, 0) is 62.2 Å². The molecule has 0 unspecified atom stereocenters. The second-order valence-corrected chi connectivity index (χ2v) is 8.39. The number of imidazole rings is 1. The molecule has 1 amide bonds. The first-order chi connectivity index (χ1) is 15.0. The average molecular weight is 433 g/mol. The smallest absolute Gasteiger partial charge is 0.274 e. The van der Waals surface area contributed by atoms with Crippen molar-refractivity contribution in [2.75, 3.05) is 5.32 Å². The number of allylic oxidation sites excluding steroid dienone is 1. The van der Waals surface area contributed by atoms with Crippen LogP contribution in [0.1, 0.15) is 54.3 Å². The second-order valence-electron chi connectivity index (χ2n) is 7.54. The van der Waals surface area contributed by atoms with Crippen molar-refractivity contribution < 1.29 is 4.79 Å². The zero-order valence-corrected chi connectivity index (χ0v) is 18.5. The maximum absolute atomic E-state index is 12.8. The van der Waals surface area contributed by atoms with Gasteiger partial charge in [-0.25, -0.2) is 9.97 Å². The maximum Gasteiger partial charge on any atom is 0.274 e. The number of pyridine rings is 1. The molecule has 0 radical (unpaired) electrons. The Morgan fingerprint density at radius 3 is 2.81 bits per heavy atom. The van der Waals surface area contributed by atoms with Crippen LogP contribution in [0, 0.1) is 0 Å². The van der Waals surface area contributed by atoms with Gasteiger partial charge in [-0.15, -0.1) is 11.3 Å². The molecule has 7 nitrogen and oxygen atoms in total. The van der Waals surface area contributed by atoms with Gasteiger partial charge in [-0.2, -0.15) is 0 Å². The Balaban J connectivity index is 1.45. The summed E-state index contributed by atoms with van der Waals surface area (Å²) in [6.45, 7) is 6.83. The zero-order valence-electron chi connectivity index (χ0n) is 17.7. The van der Waals surface area contributed by atoms with Crippen molar-refractivity contribution in [2.24, 2.45) is 0 Å². The predicted octanol–water partition coefficient (Wildman–Crippen LogP) is 4.98. The van der Waals surface area contributed by atoms with Gasteiger partial charge >= 0.3 is 0 Å². The molecule has 0 atom stereocenters. The van der Waals surface area contributed by atoms with Crippen LogP contribution in [0.25, 0.3) is 11.6 Å². The molecule has 0 fully saturated rings. The van der Waals surface area contributed by atoms with Crippen LogP contribution in [0.3, 0.4) is 0 Å². The van der Waals surface area contributed by atoms with Crippen LogP contribution in [0.2, 0.25) is 0 Å². The minimum Gasteiger partial charge on any atom is -0.339 e. The first kappa shape index (κ1) is 20.7. The number of carbonyl (C=O) groups is 1. The lowest BCUT2D eigenvalue weighted by molar-refractivity contribution is 0.101. The van der Waals surface area contributed by atoms with E-state index in [1.165, 1.54) is 11.3 Å². The molecule has 0 aliphatic heterocycles. The van der Waals surface area contributed by atoms with E-state index in [-0.39, 0.29) is 5.91 Å². The summed E-state index contributed by atoms with van der Waals surface area (Å²) in [5, 5.41) is 5.43. The summed E-state index contributed by atoms with van der Waals surface area (Å²) >= 11 is 1.41. The number of thiazole rings is 1. The summed E-state index contributed by atoms with van der Waals surface area (Å²) in [4.78, 5) is 25.9. The molecule has 0 aliphatic carbocycles. The number of rotatable bonds is 7. The van der Waals surface area contributed by atoms with E-state index in [4.69, 9.17) is 0 Å². The van der Waals surface area contributed by atoms with E-state index >= 15 is 0 Å². The van der Waals surface area contributed by atoms with Gasteiger partial charge in [0.25, 0.3) is 5.91 Å². The Bertz CT molecular complexity index is 1200. The van der Waals surface area contributed by atoms with Crippen LogP contribution in [0.5, 0.6) is 0 Å². The van der Waals surface area contributed by atoms with Crippen molar-refractivity contribution >= 4 is 34.0 Å². The topological polar surface area (TPSA) is 77.6 Å². The first-order valence-corrected chi connectivity index (χ1v) is 10.9. The third kappa shape index (κ3) is 4.97. The molecule has 8 heteroatoms. The monoisotopic (exact) mass is 432 g/mol. The fourth-order valence-corrected chi connectivity index (χ4v) is 3.89. The molecule has 4 heterocycles. The molecule has 0 bridgehead atoms. The van der Waals surface area contributed by atoms with Gasteiger partial charge < -0.3 is 9.13 Å². The van der Waals surface area contributed by atoms with Crippen LogP contribution in [0.4, 0.5) is 5.13 Å². The molecule has 0 spiro atoms. The molecule has 0 saturated carbocycles. The van der Waals surface area contributed by atoms with Gasteiger partial charge in [-0.1, -0.05) is 0 Å². The van der Waals surface area contributed by atoms with Gasteiger partial charge in [0.05, 0.1) is 17.7 Å². The number of aromatic nitrogens is 5. The fraction of sp³-hybridized carbons (Fsp3) is 0.217. The molecular formula is C23H24N6OS. The molecule has 158 valence electrons. The van der Waals surface area contributed by atoms with Crippen molar-refractivity contribution in [1.29, 1.82) is 0 Å². The Hall–Kier alpha value is -3.52. The summed E-state index contributed by atoms with van der Waals surface area (Å²) in [5.41, 5.74) is 4.37. The van der Waals surface area contributed by atoms with Crippen LogP contribution in [-0.4, -0.2) is 30.0 Å². The maximum atomic E-state index is 12.8. The van der Waals surface area contributed by atoms with E-state index in [1.807, 2.05) is 59.9 Å². The summed E-state index contributed by atoms with van der Waals surface area (Å²) in [6.07, 6.45) is 11.2. The number of hydrogen-bond donors (Lipinski definition) is 1. The lowest BCUT2D eigenvalue weighted by Crippen LogP contribution is -2.17. The average Bonchev–Trinajstić information content (AvgIpc) is 3.49. The van der Waals surface area contributed by atoms with Crippen molar-refractivity contribution in [1.82, 2.24) is 24.1 Å². The van der Waals surface area contributed by atoms with Crippen LogP contribution in [0.15, 0.2) is 60.8 Å². The number of nitrogens with one attached hydrogen (secondary N) is 1. The number of amides is 1. The minimum absolute atomic E-state index is 0.183. The Morgan fingerprint density at radius 2 is 2.06 bits per heavy atom. The summed E-state index contributed by atoms with van der Waals surface area (Å²) in [7, 11) is 0. The van der Waals surface area contributed by atoms with Crippen molar-refractivity contribution in [2.45, 2.75) is 33.4 Å². The van der Waals surface area contributed by atoms with Gasteiger partial charge in [0.1, 0.15) is 5.69 Å². The normalized spacial score (nSPS) is 11.8. The summed E-state index contributed by atoms with van der Waals surface area (Å²) in [5.74, 6) is -0.183. The van der Waals surface area contributed by atoms with Crippen LogP contribution in [-0.2, 0) is 6.54 Å². The SMILES string of the molecule is C/C(=C\c1cn(C(C)C)cn1)c1csc(NC(=O)c2cccn2Cc2ccncc2)n1. The van der Waals surface area contributed by atoms with Crippen molar-refractivity contribution in [3.63, 3.8) is 0 Å². The van der Waals surface area contributed by atoms with E-state index in [0.29, 0.717) is 23.4 Å². The summed E-state index contributed by atoms with van der Waals surface area (Å²) in [6, 6.07) is 7.92. The molecule has 4 aromatic heterocycles. The second kappa shape index (κ2) is 9.09. The summed E-state index contributed by atoms with van der Waals surface area (Å²) < 4.78 is 3.97. The highest BCUT2D eigenvalue weighted by molar-refractivity contribution is 7.14. The van der Waals surface area contributed by atoms with Crippen LogP contribution >= 0.6 is 11.3 Å².